The van der Waals surface area contributed by atoms with Crippen molar-refractivity contribution >= 4 is 23.0 Å². The van der Waals surface area contributed by atoms with E-state index in [0.29, 0.717) is 17.1 Å². The highest BCUT2D eigenvalue weighted by Gasteiger charge is 2.53. The Bertz CT molecular complexity index is 1630. The third-order valence-electron chi connectivity index (χ3n) is 8.14. The first-order chi connectivity index (χ1) is 19.6. The molecule has 0 fully saturated rings. The van der Waals surface area contributed by atoms with E-state index in [4.69, 9.17) is 9.47 Å². The van der Waals surface area contributed by atoms with Crippen molar-refractivity contribution in [3.63, 3.8) is 0 Å². The zero-order valence-corrected chi connectivity index (χ0v) is 24.8. The van der Waals surface area contributed by atoms with Crippen LogP contribution in [0.1, 0.15) is 72.8 Å². The van der Waals surface area contributed by atoms with Crippen LogP contribution in [0.4, 0.5) is 17.1 Å². The Balaban J connectivity index is 1.47. The molecule has 6 rings (SSSR count). The van der Waals surface area contributed by atoms with Gasteiger partial charge in [0.1, 0.15) is 11.5 Å². The van der Waals surface area contributed by atoms with E-state index in [2.05, 4.69) is 106 Å². The second-order valence-corrected chi connectivity index (χ2v) is 12.3. The number of carbonyl (C=O) groups excluding carboxylic acids is 1. The summed E-state index contributed by atoms with van der Waals surface area (Å²) in [5, 5.41) is 3.61. The maximum absolute atomic E-state index is 13.3. The minimum Gasteiger partial charge on any atom is -0.456 e. The van der Waals surface area contributed by atoms with E-state index in [-0.39, 0.29) is 11.4 Å². The molecule has 5 heteroatoms. The van der Waals surface area contributed by atoms with Crippen LogP contribution in [0.25, 0.3) is 0 Å². The molecule has 2 aliphatic rings. The standard InChI is InChI=1S/C36H38N2O3/c1-7-38(8-2)26-17-18-29-33(20-26)40-32-19-23(3)31(37-25-15-13-24(14-16-25)22-35(4,5)6)21-30(32)36(29)28-12-10-9-11-27(28)34(39)41-36/h9-21,37H,7-8,22H2,1-6H3. The minimum atomic E-state index is -1.10. The molecule has 1 N–H and O–H groups in total. The number of esters is 1. The molecule has 0 bridgehead atoms. The van der Waals surface area contributed by atoms with E-state index in [1.165, 1.54) is 5.56 Å². The number of nitrogens with one attached hydrogen (secondary N) is 1. The number of aryl methyl sites for hydroxylation is 1. The largest absolute Gasteiger partial charge is 0.456 e. The Hall–Kier alpha value is -4.25. The van der Waals surface area contributed by atoms with Crippen molar-refractivity contribution in [2.75, 3.05) is 23.3 Å². The summed E-state index contributed by atoms with van der Waals surface area (Å²) < 4.78 is 13.0. The van der Waals surface area contributed by atoms with Gasteiger partial charge in [0.25, 0.3) is 0 Å². The summed E-state index contributed by atoms with van der Waals surface area (Å²) in [5.74, 6) is 1.08. The van der Waals surface area contributed by atoms with Crippen LogP contribution in [-0.4, -0.2) is 19.1 Å². The lowest BCUT2D eigenvalue weighted by Gasteiger charge is -2.37. The van der Waals surface area contributed by atoms with Crippen molar-refractivity contribution in [3.05, 3.63) is 112 Å². The molecule has 0 saturated heterocycles. The van der Waals surface area contributed by atoms with E-state index < -0.39 is 5.60 Å². The molecule has 5 nitrogen and oxygen atoms in total. The highest BCUT2D eigenvalue weighted by molar-refractivity contribution is 5.97. The van der Waals surface area contributed by atoms with Crippen molar-refractivity contribution < 1.29 is 14.3 Å². The van der Waals surface area contributed by atoms with Crippen molar-refractivity contribution in [2.24, 2.45) is 5.41 Å². The van der Waals surface area contributed by atoms with Gasteiger partial charge in [-0.05, 0) is 86.2 Å². The number of rotatable bonds is 6. The summed E-state index contributed by atoms with van der Waals surface area (Å²) in [6.45, 7) is 14.9. The highest BCUT2D eigenvalue weighted by atomic mass is 16.6. The van der Waals surface area contributed by atoms with Gasteiger partial charge < -0.3 is 19.7 Å². The van der Waals surface area contributed by atoms with Crippen LogP contribution < -0.4 is 15.0 Å². The zero-order chi connectivity index (χ0) is 28.9. The number of anilines is 3. The van der Waals surface area contributed by atoms with Gasteiger partial charge in [-0.15, -0.1) is 0 Å². The third kappa shape index (κ3) is 4.63. The van der Waals surface area contributed by atoms with Crippen molar-refractivity contribution in [3.8, 4) is 11.5 Å². The van der Waals surface area contributed by atoms with Crippen molar-refractivity contribution in [1.82, 2.24) is 0 Å². The molecule has 0 aliphatic carbocycles. The van der Waals surface area contributed by atoms with Crippen LogP contribution in [0.15, 0.2) is 78.9 Å². The summed E-state index contributed by atoms with van der Waals surface area (Å²) in [5.41, 5.74) is 7.59. The van der Waals surface area contributed by atoms with Crippen LogP contribution in [0.5, 0.6) is 11.5 Å². The predicted octanol–water partition coefficient (Wildman–Crippen LogP) is 8.74. The van der Waals surface area contributed by atoms with Gasteiger partial charge in [0.15, 0.2) is 5.60 Å². The monoisotopic (exact) mass is 546 g/mol. The first kappa shape index (κ1) is 26.9. The molecule has 210 valence electrons. The van der Waals surface area contributed by atoms with Gasteiger partial charge in [-0.25, -0.2) is 4.79 Å². The van der Waals surface area contributed by atoms with Crippen LogP contribution in [0.2, 0.25) is 0 Å². The Morgan fingerprint density at radius 1 is 0.829 bits per heavy atom. The van der Waals surface area contributed by atoms with E-state index in [9.17, 15) is 4.79 Å². The number of nitrogens with zero attached hydrogens (tertiary/aromatic N) is 1. The van der Waals surface area contributed by atoms with E-state index in [0.717, 1.165) is 58.8 Å². The molecular formula is C36H38N2O3. The topological polar surface area (TPSA) is 50.8 Å². The van der Waals surface area contributed by atoms with Gasteiger partial charge in [-0.3, -0.25) is 0 Å². The summed E-state index contributed by atoms with van der Waals surface area (Å²) in [4.78, 5) is 15.6. The number of fused-ring (bicyclic) bond motifs is 6. The summed E-state index contributed by atoms with van der Waals surface area (Å²) in [7, 11) is 0. The number of hydrogen-bond donors (Lipinski definition) is 1. The van der Waals surface area contributed by atoms with E-state index >= 15 is 0 Å². The maximum atomic E-state index is 13.3. The van der Waals surface area contributed by atoms with E-state index in [1.807, 2.05) is 24.3 Å². The first-order valence-electron chi connectivity index (χ1n) is 14.5. The Morgan fingerprint density at radius 2 is 1.54 bits per heavy atom. The summed E-state index contributed by atoms with van der Waals surface area (Å²) >= 11 is 0. The molecular weight excluding hydrogens is 508 g/mol. The van der Waals surface area contributed by atoms with Crippen LogP contribution in [0.3, 0.4) is 0 Å². The maximum Gasteiger partial charge on any atom is 0.340 e. The molecule has 1 unspecified atom stereocenters. The first-order valence-corrected chi connectivity index (χ1v) is 14.5. The molecule has 0 saturated carbocycles. The van der Waals surface area contributed by atoms with Crippen LogP contribution in [-0.2, 0) is 16.8 Å². The van der Waals surface area contributed by atoms with Gasteiger partial charge in [0, 0.05) is 52.9 Å². The molecule has 0 radical (unpaired) electrons. The SMILES string of the molecule is CCN(CC)c1ccc2c(c1)Oc1cc(C)c(Nc3ccc(CC(C)(C)C)cc3)cc1C21OC(=O)c2ccccc21. The molecule has 4 aromatic carbocycles. The quantitative estimate of drug-likeness (QED) is 0.245. The predicted molar refractivity (Wildman–Crippen MR) is 166 cm³/mol. The molecule has 4 aromatic rings. The Morgan fingerprint density at radius 3 is 2.24 bits per heavy atom. The molecule has 2 heterocycles. The Labute approximate surface area is 243 Å². The second kappa shape index (κ2) is 9.99. The average Bonchev–Trinajstić information content (AvgIpc) is 3.23. The summed E-state index contributed by atoms with van der Waals surface area (Å²) in [6, 6.07) is 26.7. The smallest absolute Gasteiger partial charge is 0.340 e. The Kier molecular flexibility index (Phi) is 6.56. The van der Waals surface area contributed by atoms with Gasteiger partial charge in [-0.1, -0.05) is 51.1 Å². The molecule has 41 heavy (non-hydrogen) atoms. The summed E-state index contributed by atoms with van der Waals surface area (Å²) in [6.07, 6.45) is 1.02. The lowest BCUT2D eigenvalue weighted by atomic mass is 9.77. The average molecular weight is 547 g/mol. The van der Waals surface area contributed by atoms with Crippen molar-refractivity contribution in [1.29, 1.82) is 0 Å². The normalized spacial score (nSPS) is 16.9. The number of hydrogen-bond acceptors (Lipinski definition) is 5. The number of carbonyl (C=O) groups is 1. The van der Waals surface area contributed by atoms with Crippen LogP contribution in [0, 0.1) is 12.3 Å². The lowest BCUT2D eigenvalue weighted by Crippen LogP contribution is -2.33. The number of benzene rings is 4. The molecule has 2 aliphatic heterocycles. The number of ether oxygens (including phenoxy) is 2. The molecule has 1 atom stereocenters. The zero-order valence-electron chi connectivity index (χ0n) is 24.8. The fourth-order valence-electron chi connectivity index (χ4n) is 6.20. The van der Waals surface area contributed by atoms with Gasteiger partial charge >= 0.3 is 5.97 Å². The fourth-order valence-corrected chi connectivity index (χ4v) is 6.20. The van der Waals surface area contributed by atoms with Gasteiger partial charge in [0.05, 0.1) is 5.56 Å². The lowest BCUT2D eigenvalue weighted by molar-refractivity contribution is 0.0224. The molecule has 0 aromatic heterocycles. The van der Waals surface area contributed by atoms with Gasteiger partial charge in [0.2, 0.25) is 0 Å². The second-order valence-electron chi connectivity index (χ2n) is 12.3. The van der Waals surface area contributed by atoms with Crippen LogP contribution >= 0.6 is 0 Å². The molecule has 0 amide bonds. The minimum absolute atomic E-state index is 0.232. The third-order valence-corrected chi connectivity index (χ3v) is 8.14. The van der Waals surface area contributed by atoms with Crippen molar-refractivity contribution in [2.45, 2.75) is 53.6 Å². The van der Waals surface area contributed by atoms with E-state index in [1.54, 1.807) is 0 Å². The highest BCUT2D eigenvalue weighted by Crippen LogP contribution is 2.57. The fraction of sp³-hybridized carbons (Fsp3) is 0.306. The van der Waals surface area contributed by atoms with Gasteiger partial charge in [-0.2, -0.15) is 0 Å². The molecule has 1 spiro atoms.